The molecule has 0 N–H and O–H groups in total. The predicted octanol–water partition coefficient (Wildman–Crippen LogP) is 8.10. The molecule has 2 aromatic rings. The zero-order chi connectivity index (χ0) is 23.3. The molecule has 0 saturated carbocycles. The van der Waals surface area contributed by atoms with Gasteiger partial charge in [-0.15, -0.1) is 11.5 Å². The Balaban J connectivity index is 0.000000602. The molecule has 0 unspecified atom stereocenters. The Morgan fingerprint density at radius 1 is 0.485 bits per heavy atom. The van der Waals surface area contributed by atoms with Crippen LogP contribution in [0.15, 0.2) is 48.5 Å². The van der Waals surface area contributed by atoms with Crippen LogP contribution in [0.1, 0.15) is 115 Å². The van der Waals surface area contributed by atoms with Gasteiger partial charge in [0.1, 0.15) is 0 Å². The summed E-state index contributed by atoms with van der Waals surface area (Å²) < 4.78 is 0. The average Bonchev–Trinajstić information content (AvgIpc) is 2.78. The number of hydrogen-bond acceptors (Lipinski definition) is 2. The number of rotatable bonds is 16. The van der Waals surface area contributed by atoms with Crippen molar-refractivity contribution in [2.75, 3.05) is 0 Å². The first-order chi connectivity index (χ1) is 15.7. The second kappa shape index (κ2) is 22.7. The van der Waals surface area contributed by atoms with Crippen molar-refractivity contribution in [3.63, 3.8) is 0 Å². The summed E-state index contributed by atoms with van der Waals surface area (Å²) in [5, 5.41) is 22.2. The quantitative estimate of drug-likeness (QED) is 0.156. The largest absolute Gasteiger partial charge is 2.00 e. The van der Waals surface area contributed by atoms with Gasteiger partial charge in [0.25, 0.3) is 0 Å². The summed E-state index contributed by atoms with van der Waals surface area (Å²) in [5.74, 6) is 0.279. The van der Waals surface area contributed by atoms with Gasteiger partial charge in [-0.2, -0.15) is 0 Å². The second-order valence-electron chi connectivity index (χ2n) is 9.04. The minimum atomic E-state index is 0. The van der Waals surface area contributed by atoms with Crippen LogP contribution in [-0.2, 0) is 40.1 Å². The zero-order valence-corrected chi connectivity index (χ0v) is 25.5. The first-order valence-electron chi connectivity index (χ1n) is 13.2. The Hall–Kier alpha value is -1.04. The van der Waals surface area contributed by atoms with E-state index in [-0.39, 0.29) is 38.8 Å². The first-order valence-corrected chi connectivity index (χ1v) is 13.2. The molecule has 33 heavy (non-hydrogen) atoms. The third-order valence-corrected chi connectivity index (χ3v) is 5.93. The van der Waals surface area contributed by atoms with Crippen LogP contribution in [-0.4, -0.2) is 0 Å². The van der Waals surface area contributed by atoms with Gasteiger partial charge in [-0.3, -0.25) is 0 Å². The van der Waals surface area contributed by atoms with Gasteiger partial charge in [-0.25, -0.2) is 0 Å². The molecule has 0 radical (unpaired) electrons. The Kier molecular flexibility index (Phi) is 22.0. The van der Waals surface area contributed by atoms with E-state index in [1.807, 2.05) is 12.1 Å². The van der Waals surface area contributed by atoms with E-state index in [0.29, 0.717) is 0 Å². The van der Waals surface area contributed by atoms with Crippen molar-refractivity contribution in [3.05, 3.63) is 59.7 Å². The van der Waals surface area contributed by atoms with Crippen LogP contribution < -0.4 is 10.2 Å². The van der Waals surface area contributed by atoms with Gasteiger partial charge in [-0.1, -0.05) is 139 Å². The third-order valence-electron chi connectivity index (χ3n) is 5.93. The number of hydrogen-bond donors (Lipinski definition) is 0. The van der Waals surface area contributed by atoms with Crippen LogP contribution in [0.2, 0.25) is 0 Å². The second-order valence-corrected chi connectivity index (χ2v) is 9.04. The van der Waals surface area contributed by atoms with Gasteiger partial charge in [0.15, 0.2) is 0 Å². The molecule has 0 atom stereocenters. The molecule has 0 bridgehead atoms. The van der Waals surface area contributed by atoms with Crippen molar-refractivity contribution in [2.24, 2.45) is 0 Å². The van der Waals surface area contributed by atoms with Crippen molar-refractivity contribution in [1.29, 1.82) is 0 Å². The Morgan fingerprint density at radius 3 is 1.15 bits per heavy atom. The Labute approximate surface area is 224 Å². The van der Waals surface area contributed by atoms with E-state index in [1.165, 1.54) is 101 Å². The molecule has 2 aromatic carbocycles. The van der Waals surface area contributed by atoms with E-state index in [4.69, 9.17) is 0 Å². The minimum absolute atomic E-state index is 0. The Bertz CT molecular complexity index is 627. The molecule has 0 fully saturated rings. The maximum Gasteiger partial charge on any atom is 2.00 e. The molecule has 2 rings (SSSR count). The summed E-state index contributed by atoms with van der Waals surface area (Å²) in [5.41, 5.74) is 2.39. The minimum Gasteiger partial charge on any atom is -0.872 e. The van der Waals surface area contributed by atoms with Gasteiger partial charge in [0, 0.05) is 0 Å². The third kappa shape index (κ3) is 19.0. The molecular formula is C30H46CdO2. The van der Waals surface area contributed by atoms with Gasteiger partial charge >= 0.3 is 27.3 Å². The van der Waals surface area contributed by atoms with E-state index in [0.717, 1.165) is 12.8 Å². The summed E-state index contributed by atoms with van der Waals surface area (Å²) in [4.78, 5) is 0. The molecule has 180 valence electrons. The summed E-state index contributed by atoms with van der Waals surface area (Å²) >= 11 is 0. The van der Waals surface area contributed by atoms with Gasteiger partial charge in [0.2, 0.25) is 0 Å². The molecule has 3 heteroatoms. The maximum absolute atomic E-state index is 11.1. The SMILES string of the molecule is CCCCCCCCCc1cccc([O-])c1.CCCCCCCCCc1cccc([O-])c1.[Cd+2]. The predicted molar refractivity (Wildman–Crippen MR) is 135 cm³/mol. The molecule has 2 nitrogen and oxygen atoms in total. The van der Waals surface area contributed by atoms with E-state index in [2.05, 4.69) is 26.0 Å². The van der Waals surface area contributed by atoms with E-state index in [9.17, 15) is 10.2 Å². The van der Waals surface area contributed by atoms with Crippen LogP contribution in [0.4, 0.5) is 0 Å². The van der Waals surface area contributed by atoms with Crippen LogP contribution in [0, 0.1) is 0 Å². The summed E-state index contributed by atoms with van der Waals surface area (Å²) in [6.07, 6.45) is 20.7. The topological polar surface area (TPSA) is 46.1 Å². The van der Waals surface area contributed by atoms with Crippen molar-refractivity contribution in [1.82, 2.24) is 0 Å². The molecule has 0 aliphatic heterocycles. The van der Waals surface area contributed by atoms with Gasteiger partial charge in [-0.05, 0) is 36.8 Å². The molecule has 0 aromatic heterocycles. The van der Waals surface area contributed by atoms with Gasteiger partial charge < -0.3 is 10.2 Å². The van der Waals surface area contributed by atoms with Crippen LogP contribution in [0.25, 0.3) is 0 Å². The molecule has 0 heterocycles. The smallest absolute Gasteiger partial charge is 0.872 e. The molecule has 0 aliphatic carbocycles. The van der Waals surface area contributed by atoms with Gasteiger partial charge in [0.05, 0.1) is 0 Å². The summed E-state index contributed by atoms with van der Waals surface area (Å²) in [7, 11) is 0. The van der Waals surface area contributed by atoms with E-state index < -0.39 is 0 Å². The number of unbranched alkanes of at least 4 members (excludes halogenated alkanes) is 12. The average molecular weight is 551 g/mol. The fourth-order valence-corrected chi connectivity index (χ4v) is 3.97. The first kappa shape index (κ1) is 32.0. The van der Waals surface area contributed by atoms with Crippen molar-refractivity contribution in [2.45, 2.75) is 117 Å². The van der Waals surface area contributed by atoms with Crippen molar-refractivity contribution < 1.29 is 37.5 Å². The number of benzene rings is 2. The molecule has 0 spiro atoms. The molecule has 0 aliphatic rings. The zero-order valence-electron chi connectivity index (χ0n) is 21.5. The maximum atomic E-state index is 11.1. The summed E-state index contributed by atoms with van der Waals surface area (Å²) in [6.45, 7) is 4.49. The molecule has 0 saturated heterocycles. The van der Waals surface area contributed by atoms with E-state index >= 15 is 0 Å². The van der Waals surface area contributed by atoms with E-state index in [1.54, 1.807) is 24.3 Å². The number of aryl methyl sites for hydroxylation is 2. The van der Waals surface area contributed by atoms with Crippen LogP contribution in [0.5, 0.6) is 11.5 Å². The molecular weight excluding hydrogens is 505 g/mol. The Morgan fingerprint density at radius 2 is 0.818 bits per heavy atom. The van der Waals surface area contributed by atoms with Crippen molar-refractivity contribution >= 4 is 0 Å². The normalized spacial score (nSPS) is 10.2. The fourth-order valence-electron chi connectivity index (χ4n) is 3.97. The van der Waals surface area contributed by atoms with Crippen molar-refractivity contribution in [3.8, 4) is 11.5 Å². The molecule has 0 amide bonds. The van der Waals surface area contributed by atoms with Crippen LogP contribution in [0.3, 0.4) is 0 Å². The monoisotopic (exact) mass is 552 g/mol. The van der Waals surface area contributed by atoms with Crippen LogP contribution >= 0.6 is 0 Å². The fraction of sp³-hybridized carbons (Fsp3) is 0.600. The summed E-state index contributed by atoms with van der Waals surface area (Å²) in [6, 6.07) is 14.6. The standard InChI is InChI=1S/2C15H24O.Cd/c2*1-2-3-4-5-6-7-8-10-14-11-9-12-15(16)13-14;/h2*9,11-13,16H,2-8,10H2,1H3;/q;;+2/p-2.